The van der Waals surface area contributed by atoms with Crippen molar-refractivity contribution in [2.24, 2.45) is 0 Å². The molecule has 1 aromatic heterocycles. The average Bonchev–Trinajstić information content (AvgIpc) is 3.17. The highest BCUT2D eigenvalue weighted by Crippen LogP contribution is 2.28. The van der Waals surface area contributed by atoms with Crippen LogP contribution in [0.3, 0.4) is 0 Å². The molecule has 7 nitrogen and oxygen atoms in total. The van der Waals surface area contributed by atoms with Gasteiger partial charge in [0.25, 0.3) is 5.91 Å². The fourth-order valence-electron chi connectivity index (χ4n) is 3.70. The number of hydrogen-bond donors (Lipinski definition) is 1. The lowest BCUT2D eigenvalue weighted by atomic mass is 10.1. The lowest BCUT2D eigenvalue weighted by molar-refractivity contribution is -0.133. The van der Waals surface area contributed by atoms with Gasteiger partial charge in [0.1, 0.15) is 17.6 Å². The number of hydrogen-bond acceptors (Lipinski definition) is 4. The number of nitrogens with zero attached hydrogens (tertiary/aromatic N) is 3. The van der Waals surface area contributed by atoms with Crippen molar-refractivity contribution in [2.45, 2.75) is 13.0 Å². The third kappa shape index (κ3) is 3.19. The van der Waals surface area contributed by atoms with Crippen LogP contribution in [0.4, 0.5) is 0 Å². The van der Waals surface area contributed by atoms with Gasteiger partial charge in [-0.15, -0.1) is 0 Å². The van der Waals surface area contributed by atoms with Crippen LogP contribution in [0.15, 0.2) is 48.5 Å². The molecule has 1 saturated heterocycles. The molecule has 144 valence electrons. The molecule has 0 aliphatic carbocycles. The van der Waals surface area contributed by atoms with Crippen LogP contribution in [0.5, 0.6) is 5.75 Å². The number of piperazine rings is 1. The summed E-state index contributed by atoms with van der Waals surface area (Å²) in [5, 5.41) is 0. The molecule has 1 aliphatic heterocycles. The first-order chi connectivity index (χ1) is 13.6. The zero-order chi connectivity index (χ0) is 19.7. The number of ether oxygens (including phenoxy) is 1. The van der Waals surface area contributed by atoms with Gasteiger partial charge in [0.15, 0.2) is 0 Å². The summed E-state index contributed by atoms with van der Waals surface area (Å²) in [6.07, 6.45) is 0. The van der Waals surface area contributed by atoms with Crippen molar-refractivity contribution in [3.8, 4) is 5.75 Å². The first kappa shape index (κ1) is 18.0. The minimum Gasteiger partial charge on any atom is -0.496 e. The predicted molar refractivity (Wildman–Crippen MR) is 105 cm³/mol. The number of aromatic amines is 1. The highest BCUT2D eigenvalue weighted by molar-refractivity contribution is 5.97. The molecule has 0 saturated carbocycles. The number of benzene rings is 2. The molecule has 1 aliphatic rings. The summed E-state index contributed by atoms with van der Waals surface area (Å²) in [6, 6.07) is 14.6. The zero-order valence-electron chi connectivity index (χ0n) is 15.9. The van der Waals surface area contributed by atoms with E-state index in [9.17, 15) is 9.59 Å². The minimum absolute atomic E-state index is 0.0325. The molecule has 0 bridgehead atoms. The Labute approximate surface area is 162 Å². The molecule has 0 radical (unpaired) electrons. The van der Waals surface area contributed by atoms with Crippen LogP contribution in [0.1, 0.15) is 29.1 Å². The van der Waals surface area contributed by atoms with E-state index in [0.717, 1.165) is 11.0 Å². The van der Waals surface area contributed by atoms with Crippen molar-refractivity contribution < 1.29 is 14.3 Å². The average molecular weight is 378 g/mol. The van der Waals surface area contributed by atoms with Crippen LogP contribution in [0, 0.1) is 0 Å². The van der Waals surface area contributed by atoms with E-state index < -0.39 is 0 Å². The van der Waals surface area contributed by atoms with Crippen LogP contribution < -0.4 is 4.74 Å². The van der Waals surface area contributed by atoms with Gasteiger partial charge >= 0.3 is 0 Å². The summed E-state index contributed by atoms with van der Waals surface area (Å²) in [4.78, 5) is 36.8. The molecular weight excluding hydrogens is 356 g/mol. The van der Waals surface area contributed by atoms with Gasteiger partial charge in [0.2, 0.25) is 5.91 Å². The lowest BCUT2D eigenvalue weighted by Crippen LogP contribution is -2.52. The fraction of sp³-hybridized carbons (Fsp3) is 0.286. The van der Waals surface area contributed by atoms with E-state index in [1.807, 2.05) is 36.4 Å². The van der Waals surface area contributed by atoms with Gasteiger partial charge in [-0.05, 0) is 24.3 Å². The summed E-state index contributed by atoms with van der Waals surface area (Å²) >= 11 is 0. The normalized spacial score (nSPS) is 17.0. The smallest absolute Gasteiger partial charge is 0.257 e. The maximum Gasteiger partial charge on any atom is 0.257 e. The van der Waals surface area contributed by atoms with Gasteiger partial charge in [-0.25, -0.2) is 4.98 Å². The largest absolute Gasteiger partial charge is 0.496 e. The van der Waals surface area contributed by atoms with Crippen LogP contribution in [-0.4, -0.2) is 58.3 Å². The maximum absolute atomic E-state index is 13.1. The number of carbonyl (C=O) groups is 2. The molecule has 2 heterocycles. The van der Waals surface area contributed by atoms with E-state index in [0.29, 0.717) is 36.8 Å². The highest BCUT2D eigenvalue weighted by Gasteiger charge is 2.34. The third-order valence-corrected chi connectivity index (χ3v) is 5.13. The van der Waals surface area contributed by atoms with Gasteiger partial charge < -0.3 is 19.5 Å². The second-order valence-electron chi connectivity index (χ2n) is 6.82. The first-order valence-corrected chi connectivity index (χ1v) is 9.22. The number of carbonyl (C=O) groups excluding carboxylic acids is 2. The summed E-state index contributed by atoms with van der Waals surface area (Å²) in [5.74, 6) is 1.09. The number of aromatic nitrogens is 2. The van der Waals surface area contributed by atoms with Crippen LogP contribution in [0.2, 0.25) is 0 Å². The topological polar surface area (TPSA) is 78.5 Å². The number of imidazole rings is 1. The number of nitrogens with one attached hydrogen (secondary N) is 1. The summed E-state index contributed by atoms with van der Waals surface area (Å²) in [6.45, 7) is 2.84. The molecular formula is C21H22N4O3. The molecule has 2 aromatic carbocycles. The van der Waals surface area contributed by atoms with E-state index in [4.69, 9.17) is 4.74 Å². The molecule has 28 heavy (non-hydrogen) atoms. The van der Waals surface area contributed by atoms with Gasteiger partial charge in [-0.2, -0.15) is 0 Å². The second kappa shape index (κ2) is 7.34. The molecule has 7 heteroatoms. The summed E-state index contributed by atoms with van der Waals surface area (Å²) in [5.41, 5.74) is 2.27. The number of fused-ring (bicyclic) bond motifs is 1. The van der Waals surface area contributed by atoms with Crippen LogP contribution in [-0.2, 0) is 4.79 Å². The van der Waals surface area contributed by atoms with E-state index in [-0.39, 0.29) is 17.9 Å². The van der Waals surface area contributed by atoms with Crippen molar-refractivity contribution in [2.75, 3.05) is 26.7 Å². The molecule has 4 rings (SSSR count). The van der Waals surface area contributed by atoms with Crippen molar-refractivity contribution in [1.29, 1.82) is 0 Å². The molecule has 1 atom stereocenters. The standard InChI is InChI=1S/C21H22N4O3/c1-14(26)25-12-11-24(21(27)15-7-3-6-10-19(15)28-2)13-18(25)20-22-16-8-4-5-9-17(16)23-20/h3-10,18H,11-13H2,1-2H3,(H,22,23). The zero-order valence-corrected chi connectivity index (χ0v) is 15.9. The Bertz CT molecular complexity index is 996. The second-order valence-corrected chi connectivity index (χ2v) is 6.82. The van der Waals surface area contributed by atoms with Crippen molar-refractivity contribution in [1.82, 2.24) is 19.8 Å². The third-order valence-electron chi connectivity index (χ3n) is 5.13. The Hall–Kier alpha value is -3.35. The number of para-hydroxylation sites is 3. The monoisotopic (exact) mass is 378 g/mol. The van der Waals surface area contributed by atoms with Crippen molar-refractivity contribution >= 4 is 22.8 Å². The molecule has 1 unspecified atom stereocenters. The number of methoxy groups -OCH3 is 1. The maximum atomic E-state index is 13.1. The Kier molecular flexibility index (Phi) is 4.73. The minimum atomic E-state index is -0.322. The first-order valence-electron chi connectivity index (χ1n) is 9.22. The number of rotatable bonds is 3. The Morgan fingerprint density at radius 3 is 2.61 bits per heavy atom. The van der Waals surface area contributed by atoms with E-state index in [2.05, 4.69) is 9.97 Å². The van der Waals surface area contributed by atoms with Gasteiger partial charge in [0.05, 0.1) is 23.7 Å². The molecule has 0 spiro atoms. The fourth-order valence-corrected chi connectivity index (χ4v) is 3.70. The summed E-state index contributed by atoms with van der Waals surface area (Å²) < 4.78 is 5.34. The summed E-state index contributed by atoms with van der Waals surface area (Å²) in [7, 11) is 1.55. The number of amides is 2. The lowest BCUT2D eigenvalue weighted by Gasteiger charge is -2.40. The van der Waals surface area contributed by atoms with Crippen LogP contribution >= 0.6 is 0 Å². The van der Waals surface area contributed by atoms with Gasteiger partial charge in [0, 0.05) is 26.6 Å². The molecule has 2 amide bonds. The van der Waals surface area contributed by atoms with E-state index >= 15 is 0 Å². The number of H-pyrrole nitrogens is 1. The van der Waals surface area contributed by atoms with E-state index in [1.165, 1.54) is 0 Å². The molecule has 1 fully saturated rings. The van der Waals surface area contributed by atoms with Gasteiger partial charge in [-0.1, -0.05) is 24.3 Å². The Morgan fingerprint density at radius 1 is 1.11 bits per heavy atom. The van der Waals surface area contributed by atoms with Crippen molar-refractivity contribution in [3.05, 3.63) is 59.9 Å². The van der Waals surface area contributed by atoms with Gasteiger partial charge in [-0.3, -0.25) is 9.59 Å². The van der Waals surface area contributed by atoms with Crippen LogP contribution in [0.25, 0.3) is 11.0 Å². The Morgan fingerprint density at radius 2 is 1.86 bits per heavy atom. The predicted octanol–water partition coefficient (Wildman–Crippen LogP) is 2.62. The molecule has 1 N–H and O–H groups in total. The molecule has 3 aromatic rings. The van der Waals surface area contributed by atoms with E-state index in [1.54, 1.807) is 36.0 Å². The SMILES string of the molecule is COc1ccccc1C(=O)N1CCN(C(C)=O)C(c2nc3ccccc3[nH]2)C1. The highest BCUT2D eigenvalue weighted by atomic mass is 16.5. The quantitative estimate of drug-likeness (QED) is 0.760. The Balaban J connectivity index is 1.66. The van der Waals surface area contributed by atoms with Crippen molar-refractivity contribution in [3.63, 3.8) is 0 Å².